The minimum absolute atomic E-state index is 0.163. The van der Waals surface area contributed by atoms with Gasteiger partial charge in [-0.2, -0.15) is 5.10 Å². The first kappa shape index (κ1) is 17.2. The number of benzene rings is 1. The molecule has 3 aromatic rings. The summed E-state index contributed by atoms with van der Waals surface area (Å²) in [6, 6.07) is 12.6. The van der Waals surface area contributed by atoms with Crippen LogP contribution in [0.5, 0.6) is 0 Å². The van der Waals surface area contributed by atoms with Gasteiger partial charge in [-0.1, -0.05) is 18.2 Å². The molecule has 6 heteroatoms. The summed E-state index contributed by atoms with van der Waals surface area (Å²) in [4.78, 5) is 16.9. The van der Waals surface area contributed by atoms with E-state index in [2.05, 4.69) is 50.1 Å². The Labute approximate surface area is 164 Å². The minimum Gasteiger partial charge on any atom is -0.351 e. The molecule has 0 bridgehead atoms. The molecule has 1 aromatic carbocycles. The lowest BCUT2D eigenvalue weighted by Gasteiger charge is -2.44. The summed E-state index contributed by atoms with van der Waals surface area (Å²) in [6.45, 7) is 1.63. The van der Waals surface area contributed by atoms with Crippen molar-refractivity contribution in [2.45, 2.75) is 31.2 Å². The Kier molecular flexibility index (Phi) is 4.07. The minimum atomic E-state index is 0.163. The van der Waals surface area contributed by atoms with Gasteiger partial charge in [-0.3, -0.25) is 4.79 Å². The number of rotatable bonds is 5. The Hall–Kier alpha value is -2.89. The Bertz CT molecular complexity index is 1020. The molecule has 1 amide bonds. The van der Waals surface area contributed by atoms with E-state index in [-0.39, 0.29) is 11.9 Å². The molecule has 28 heavy (non-hydrogen) atoms. The number of aromatic nitrogens is 3. The van der Waals surface area contributed by atoms with E-state index in [4.69, 9.17) is 0 Å². The second kappa shape index (κ2) is 6.62. The number of carbonyl (C=O) groups is 1. The third-order valence-electron chi connectivity index (χ3n) is 6.12. The lowest BCUT2D eigenvalue weighted by Crippen LogP contribution is -2.60. The highest BCUT2D eigenvalue weighted by atomic mass is 16.2. The predicted octanol–water partition coefficient (Wildman–Crippen LogP) is 2.74. The molecule has 1 aliphatic carbocycles. The van der Waals surface area contributed by atoms with Crippen LogP contribution < -0.4 is 4.90 Å². The van der Waals surface area contributed by atoms with Crippen molar-refractivity contribution in [2.75, 3.05) is 25.0 Å². The molecule has 1 saturated carbocycles. The predicted molar refractivity (Wildman–Crippen MR) is 109 cm³/mol. The molecule has 2 fully saturated rings. The molecule has 3 heterocycles. The SMILES string of the molecule is CN(C(=O)Cc1cn(C)c2ccccc12)C1CN(c2ccc(C3CC3)nn2)C1. The Morgan fingerprint density at radius 1 is 1.14 bits per heavy atom. The maximum absolute atomic E-state index is 12.8. The fraction of sp³-hybridized carbons (Fsp3) is 0.409. The van der Waals surface area contributed by atoms with E-state index in [0.29, 0.717) is 12.3 Å². The van der Waals surface area contributed by atoms with Crippen LogP contribution in [0.1, 0.15) is 30.0 Å². The highest BCUT2D eigenvalue weighted by Gasteiger charge is 2.34. The second-order valence-electron chi connectivity index (χ2n) is 8.11. The highest BCUT2D eigenvalue weighted by molar-refractivity contribution is 5.89. The third kappa shape index (κ3) is 3.03. The van der Waals surface area contributed by atoms with Crippen LogP contribution >= 0.6 is 0 Å². The standard InChI is InChI=1S/C22H25N5O/c1-25-12-16(18-5-3-4-6-20(18)25)11-22(28)26(2)17-13-27(14-17)21-10-9-19(23-24-21)15-7-8-15/h3-6,9-10,12,15,17H,7-8,11,13-14H2,1-2H3. The van der Waals surface area contributed by atoms with Crippen LogP contribution in [0.2, 0.25) is 0 Å². The highest BCUT2D eigenvalue weighted by Crippen LogP contribution is 2.38. The van der Waals surface area contributed by atoms with Gasteiger partial charge in [0.25, 0.3) is 0 Å². The van der Waals surface area contributed by atoms with Gasteiger partial charge in [0.2, 0.25) is 5.91 Å². The van der Waals surface area contributed by atoms with E-state index in [1.807, 2.05) is 31.1 Å². The number of aryl methyl sites for hydroxylation is 1. The maximum atomic E-state index is 12.8. The van der Waals surface area contributed by atoms with Gasteiger partial charge in [-0.05, 0) is 36.6 Å². The fourth-order valence-corrected chi connectivity index (χ4v) is 4.05. The number of anilines is 1. The summed E-state index contributed by atoms with van der Waals surface area (Å²) in [5.74, 6) is 1.70. The number of nitrogens with zero attached hydrogens (tertiary/aromatic N) is 5. The molecule has 2 aliphatic rings. The summed E-state index contributed by atoms with van der Waals surface area (Å²) in [6.07, 6.45) is 4.98. The van der Waals surface area contributed by atoms with Crippen LogP contribution in [0.15, 0.2) is 42.6 Å². The lowest BCUT2D eigenvalue weighted by atomic mass is 10.1. The van der Waals surface area contributed by atoms with Gasteiger partial charge in [0.15, 0.2) is 5.82 Å². The first-order valence-electron chi connectivity index (χ1n) is 9.97. The van der Waals surface area contributed by atoms with Crippen molar-refractivity contribution in [1.82, 2.24) is 19.7 Å². The Balaban J connectivity index is 1.21. The summed E-state index contributed by atoms with van der Waals surface area (Å²) in [5.41, 5.74) is 3.37. The van der Waals surface area contributed by atoms with Crippen LogP contribution in [0.25, 0.3) is 10.9 Å². The number of amides is 1. The van der Waals surface area contributed by atoms with Crippen LogP contribution in [-0.2, 0) is 18.3 Å². The van der Waals surface area contributed by atoms with E-state index < -0.39 is 0 Å². The molecule has 5 rings (SSSR count). The third-order valence-corrected chi connectivity index (χ3v) is 6.12. The molecule has 6 nitrogen and oxygen atoms in total. The molecule has 1 saturated heterocycles. The molecule has 0 atom stereocenters. The van der Waals surface area contributed by atoms with Crippen molar-refractivity contribution in [3.63, 3.8) is 0 Å². The van der Waals surface area contributed by atoms with Gasteiger partial charge in [0, 0.05) is 50.2 Å². The van der Waals surface area contributed by atoms with Crippen LogP contribution in [0, 0.1) is 0 Å². The van der Waals surface area contributed by atoms with Crippen molar-refractivity contribution >= 4 is 22.6 Å². The van der Waals surface area contributed by atoms with Crippen molar-refractivity contribution in [2.24, 2.45) is 7.05 Å². The number of hydrogen-bond acceptors (Lipinski definition) is 4. The van der Waals surface area contributed by atoms with E-state index in [1.54, 1.807) is 0 Å². The first-order chi connectivity index (χ1) is 13.6. The zero-order valence-electron chi connectivity index (χ0n) is 16.4. The number of likely N-dealkylation sites (N-methyl/N-ethyl adjacent to an activating group) is 1. The molecule has 0 radical (unpaired) electrons. The monoisotopic (exact) mass is 375 g/mol. The Morgan fingerprint density at radius 2 is 1.93 bits per heavy atom. The zero-order valence-corrected chi connectivity index (χ0v) is 16.4. The molecular weight excluding hydrogens is 350 g/mol. The average Bonchev–Trinajstić information content (AvgIpc) is 3.47. The lowest BCUT2D eigenvalue weighted by molar-refractivity contribution is -0.131. The van der Waals surface area contributed by atoms with E-state index in [9.17, 15) is 4.79 Å². The fourth-order valence-electron chi connectivity index (χ4n) is 4.05. The number of fused-ring (bicyclic) bond motifs is 1. The quantitative estimate of drug-likeness (QED) is 0.688. The number of carbonyl (C=O) groups excluding carboxylic acids is 1. The van der Waals surface area contributed by atoms with E-state index in [0.717, 1.165) is 41.1 Å². The maximum Gasteiger partial charge on any atom is 0.227 e. The normalized spacial score (nSPS) is 17.0. The molecule has 1 aliphatic heterocycles. The van der Waals surface area contributed by atoms with Crippen molar-refractivity contribution in [3.8, 4) is 0 Å². The summed E-state index contributed by atoms with van der Waals surface area (Å²) in [5, 5.41) is 9.90. The van der Waals surface area contributed by atoms with Crippen molar-refractivity contribution < 1.29 is 4.79 Å². The van der Waals surface area contributed by atoms with E-state index in [1.165, 1.54) is 12.8 Å². The van der Waals surface area contributed by atoms with Gasteiger partial charge in [0.05, 0.1) is 18.2 Å². The second-order valence-corrected chi connectivity index (χ2v) is 8.11. The van der Waals surface area contributed by atoms with Crippen LogP contribution in [-0.4, -0.2) is 51.8 Å². The summed E-state index contributed by atoms with van der Waals surface area (Å²) in [7, 11) is 3.94. The zero-order chi connectivity index (χ0) is 19.3. The van der Waals surface area contributed by atoms with Gasteiger partial charge >= 0.3 is 0 Å². The molecule has 0 spiro atoms. The number of hydrogen-bond donors (Lipinski definition) is 0. The molecule has 0 N–H and O–H groups in total. The van der Waals surface area contributed by atoms with Gasteiger partial charge < -0.3 is 14.4 Å². The molecule has 0 unspecified atom stereocenters. The summed E-state index contributed by atoms with van der Waals surface area (Å²) < 4.78 is 2.09. The molecular formula is C22H25N5O. The van der Waals surface area contributed by atoms with Crippen LogP contribution in [0.4, 0.5) is 5.82 Å². The Morgan fingerprint density at radius 3 is 2.64 bits per heavy atom. The largest absolute Gasteiger partial charge is 0.351 e. The van der Waals surface area contributed by atoms with Crippen LogP contribution in [0.3, 0.4) is 0 Å². The van der Waals surface area contributed by atoms with Gasteiger partial charge in [-0.25, -0.2) is 0 Å². The molecule has 2 aromatic heterocycles. The van der Waals surface area contributed by atoms with Crippen molar-refractivity contribution in [3.05, 3.63) is 53.9 Å². The topological polar surface area (TPSA) is 54.3 Å². The first-order valence-corrected chi connectivity index (χ1v) is 9.97. The molecule has 144 valence electrons. The van der Waals surface area contributed by atoms with E-state index >= 15 is 0 Å². The smallest absolute Gasteiger partial charge is 0.227 e. The summed E-state index contributed by atoms with van der Waals surface area (Å²) >= 11 is 0. The van der Waals surface area contributed by atoms with Crippen molar-refractivity contribution in [1.29, 1.82) is 0 Å². The van der Waals surface area contributed by atoms with Gasteiger partial charge in [0.1, 0.15) is 0 Å². The number of para-hydroxylation sites is 1. The average molecular weight is 375 g/mol. The van der Waals surface area contributed by atoms with Gasteiger partial charge in [-0.15, -0.1) is 5.10 Å².